The van der Waals surface area contributed by atoms with Gasteiger partial charge >= 0.3 is 0 Å². The molecule has 40 heavy (non-hydrogen) atoms. The molecular formula is C33H37N3O2S2. The number of amides is 1. The summed E-state index contributed by atoms with van der Waals surface area (Å²) in [5.41, 5.74) is 5.65. The number of thioether (sulfide) groups is 1. The van der Waals surface area contributed by atoms with E-state index in [1.54, 1.807) is 35.4 Å². The van der Waals surface area contributed by atoms with E-state index < -0.39 is 0 Å². The zero-order valence-electron chi connectivity index (χ0n) is 23.8. The lowest BCUT2D eigenvalue weighted by Crippen LogP contribution is -2.37. The Hall–Kier alpha value is -2.90. The van der Waals surface area contributed by atoms with Gasteiger partial charge < -0.3 is 9.32 Å². The molecule has 0 saturated carbocycles. The number of rotatable bonds is 6. The molecule has 208 valence electrons. The molecule has 5 nitrogen and oxygen atoms in total. The van der Waals surface area contributed by atoms with Crippen molar-refractivity contribution in [1.82, 2.24) is 14.9 Å². The molecule has 1 saturated heterocycles. The number of aromatic nitrogens is 2. The van der Waals surface area contributed by atoms with Crippen molar-refractivity contribution in [3.05, 3.63) is 87.8 Å². The van der Waals surface area contributed by atoms with Crippen LogP contribution in [0.25, 0.3) is 11.3 Å². The standard InChI is InChI=1S/C33H37N3O2S2/c1-32(2)14-15-33(3,4)26-19-23(8-10-25(26)32)27-21-40-30(35-27)22-12-17-36(18-13-22)31(37)28-11-9-24(38-28)20-39-29-7-5-6-16-34-29/h5-11,16,19,21-22H,12-15,17-18,20H2,1-4H3. The second kappa shape index (κ2) is 10.8. The van der Waals surface area contributed by atoms with Crippen molar-refractivity contribution in [2.75, 3.05) is 13.1 Å². The molecule has 1 aliphatic carbocycles. The number of carbonyl (C=O) groups excluding carboxylic acids is 1. The summed E-state index contributed by atoms with van der Waals surface area (Å²) in [6, 6.07) is 16.5. The molecule has 7 heteroatoms. The number of thiazole rings is 1. The van der Waals surface area contributed by atoms with Gasteiger partial charge in [0.2, 0.25) is 0 Å². The van der Waals surface area contributed by atoms with Gasteiger partial charge in [-0.05, 0) is 78.0 Å². The van der Waals surface area contributed by atoms with E-state index in [1.165, 1.54) is 34.5 Å². The lowest BCUT2D eigenvalue weighted by Gasteiger charge is -2.42. The van der Waals surface area contributed by atoms with E-state index in [9.17, 15) is 4.79 Å². The van der Waals surface area contributed by atoms with Crippen LogP contribution in [0.15, 0.2) is 69.6 Å². The Morgan fingerprint density at radius 3 is 2.55 bits per heavy atom. The highest BCUT2D eigenvalue weighted by Gasteiger charge is 2.37. The molecule has 4 aromatic rings. The lowest BCUT2D eigenvalue weighted by molar-refractivity contribution is 0.0679. The molecule has 1 amide bonds. The summed E-state index contributed by atoms with van der Waals surface area (Å²) in [4.78, 5) is 24.5. The fraction of sp³-hybridized carbons (Fsp3) is 0.424. The summed E-state index contributed by atoms with van der Waals surface area (Å²) in [6.07, 6.45) is 6.06. The molecule has 0 atom stereocenters. The molecule has 1 aliphatic heterocycles. The van der Waals surface area contributed by atoms with Crippen molar-refractivity contribution < 1.29 is 9.21 Å². The Labute approximate surface area is 245 Å². The summed E-state index contributed by atoms with van der Waals surface area (Å²) >= 11 is 3.36. The van der Waals surface area contributed by atoms with Crippen LogP contribution in [0.3, 0.4) is 0 Å². The van der Waals surface area contributed by atoms with Crippen LogP contribution in [-0.2, 0) is 16.6 Å². The van der Waals surface area contributed by atoms with Crippen LogP contribution >= 0.6 is 23.1 Å². The SMILES string of the molecule is CC1(C)CCC(C)(C)c2cc(-c3csc(C4CCN(C(=O)c5ccc(CSc6ccccn6)o5)CC4)n3)ccc21. The average Bonchev–Trinajstić information content (AvgIpc) is 3.65. The maximum atomic E-state index is 13.1. The molecule has 0 unspecified atom stereocenters. The highest BCUT2D eigenvalue weighted by atomic mass is 32.2. The number of benzene rings is 1. The van der Waals surface area contributed by atoms with E-state index in [0.717, 1.165) is 42.4 Å². The van der Waals surface area contributed by atoms with Gasteiger partial charge in [-0.25, -0.2) is 9.97 Å². The van der Waals surface area contributed by atoms with Gasteiger partial charge in [0, 0.05) is 36.1 Å². The van der Waals surface area contributed by atoms with E-state index in [2.05, 4.69) is 56.3 Å². The summed E-state index contributed by atoms with van der Waals surface area (Å²) in [5.74, 6) is 2.23. The molecular weight excluding hydrogens is 535 g/mol. The number of fused-ring (bicyclic) bond motifs is 1. The molecule has 0 N–H and O–H groups in total. The minimum absolute atomic E-state index is 0.0213. The predicted octanol–water partition coefficient (Wildman–Crippen LogP) is 8.46. The van der Waals surface area contributed by atoms with Crippen LogP contribution in [0.1, 0.15) is 91.7 Å². The van der Waals surface area contributed by atoms with Crippen molar-refractivity contribution in [2.24, 2.45) is 0 Å². The van der Waals surface area contributed by atoms with Crippen LogP contribution in [0.5, 0.6) is 0 Å². The minimum Gasteiger partial charge on any atom is -0.455 e. The molecule has 2 aliphatic rings. The van der Waals surface area contributed by atoms with E-state index in [-0.39, 0.29) is 16.7 Å². The number of pyridine rings is 1. The second-order valence-electron chi connectivity index (χ2n) is 12.4. The lowest BCUT2D eigenvalue weighted by atomic mass is 9.63. The monoisotopic (exact) mass is 571 g/mol. The van der Waals surface area contributed by atoms with E-state index in [1.807, 2.05) is 29.2 Å². The average molecular weight is 572 g/mol. The zero-order valence-corrected chi connectivity index (χ0v) is 25.4. The van der Waals surface area contributed by atoms with Crippen LogP contribution in [-0.4, -0.2) is 33.9 Å². The van der Waals surface area contributed by atoms with Gasteiger partial charge in [-0.3, -0.25) is 4.79 Å². The fourth-order valence-electron chi connectivity index (χ4n) is 5.99. The van der Waals surface area contributed by atoms with Crippen LogP contribution in [0.2, 0.25) is 0 Å². The fourth-order valence-corrected chi connectivity index (χ4v) is 7.74. The summed E-state index contributed by atoms with van der Waals surface area (Å²) < 4.78 is 5.90. The molecule has 0 spiro atoms. The third-order valence-corrected chi connectivity index (χ3v) is 10.6. The first-order valence-corrected chi connectivity index (χ1v) is 16.1. The van der Waals surface area contributed by atoms with Crippen LogP contribution < -0.4 is 0 Å². The Morgan fingerprint density at radius 2 is 1.80 bits per heavy atom. The molecule has 3 aromatic heterocycles. The first kappa shape index (κ1) is 27.3. The maximum Gasteiger partial charge on any atom is 0.289 e. The molecule has 0 bridgehead atoms. The summed E-state index contributed by atoms with van der Waals surface area (Å²) in [6.45, 7) is 10.9. The molecule has 4 heterocycles. The Bertz CT molecular complexity index is 1500. The number of furan rings is 1. The smallest absolute Gasteiger partial charge is 0.289 e. The highest BCUT2D eigenvalue weighted by molar-refractivity contribution is 7.98. The molecule has 6 rings (SSSR count). The van der Waals surface area contributed by atoms with Gasteiger partial charge in [0.1, 0.15) is 5.76 Å². The minimum atomic E-state index is -0.0213. The third kappa shape index (κ3) is 5.51. The van der Waals surface area contributed by atoms with E-state index in [0.29, 0.717) is 17.4 Å². The number of likely N-dealkylation sites (tertiary alicyclic amines) is 1. The number of carbonyl (C=O) groups is 1. The second-order valence-corrected chi connectivity index (χ2v) is 14.3. The first-order valence-electron chi connectivity index (χ1n) is 14.2. The summed E-state index contributed by atoms with van der Waals surface area (Å²) in [7, 11) is 0. The van der Waals surface area contributed by atoms with Gasteiger partial charge in [0.05, 0.1) is 21.5 Å². The largest absolute Gasteiger partial charge is 0.455 e. The Morgan fingerprint density at radius 1 is 1.02 bits per heavy atom. The Kier molecular flexibility index (Phi) is 7.38. The molecule has 1 aromatic carbocycles. The first-order chi connectivity index (χ1) is 19.2. The van der Waals surface area contributed by atoms with Crippen molar-refractivity contribution in [1.29, 1.82) is 0 Å². The molecule has 1 fully saturated rings. The normalized spacial score (nSPS) is 18.4. The van der Waals surface area contributed by atoms with Gasteiger partial charge in [-0.15, -0.1) is 11.3 Å². The highest BCUT2D eigenvalue weighted by Crippen LogP contribution is 2.47. The van der Waals surface area contributed by atoms with Gasteiger partial charge in [-0.2, -0.15) is 0 Å². The third-order valence-electron chi connectivity index (χ3n) is 8.67. The van der Waals surface area contributed by atoms with Crippen molar-refractivity contribution in [3.63, 3.8) is 0 Å². The number of nitrogens with zero attached hydrogens (tertiary/aromatic N) is 3. The van der Waals surface area contributed by atoms with Crippen LogP contribution in [0.4, 0.5) is 0 Å². The van der Waals surface area contributed by atoms with E-state index >= 15 is 0 Å². The predicted molar refractivity (Wildman–Crippen MR) is 163 cm³/mol. The number of hydrogen-bond acceptors (Lipinski definition) is 6. The van der Waals surface area contributed by atoms with Crippen molar-refractivity contribution >= 4 is 29.0 Å². The topological polar surface area (TPSA) is 59.2 Å². The molecule has 0 radical (unpaired) electrons. The number of hydrogen-bond donors (Lipinski definition) is 0. The quantitative estimate of drug-likeness (QED) is 0.217. The van der Waals surface area contributed by atoms with Crippen molar-refractivity contribution in [3.8, 4) is 11.3 Å². The van der Waals surface area contributed by atoms with Gasteiger partial charge in [0.25, 0.3) is 5.91 Å². The van der Waals surface area contributed by atoms with E-state index in [4.69, 9.17) is 9.40 Å². The van der Waals surface area contributed by atoms with Gasteiger partial charge in [0.15, 0.2) is 5.76 Å². The zero-order chi connectivity index (χ0) is 27.9. The maximum absolute atomic E-state index is 13.1. The van der Waals surface area contributed by atoms with Crippen molar-refractivity contribution in [2.45, 2.75) is 80.9 Å². The van der Waals surface area contributed by atoms with Crippen LogP contribution in [0, 0.1) is 0 Å². The Balaban J connectivity index is 1.08. The van der Waals surface area contributed by atoms with Gasteiger partial charge in [-0.1, -0.05) is 57.7 Å². The number of piperidine rings is 1. The summed E-state index contributed by atoms with van der Waals surface area (Å²) in [5, 5.41) is 4.34.